The molecule has 0 aliphatic rings. The molecule has 2 aromatic heterocycles. The molecule has 0 spiro atoms. The van der Waals surface area contributed by atoms with Gasteiger partial charge in [-0.1, -0.05) is 0 Å². The van der Waals surface area contributed by atoms with E-state index >= 15 is 0 Å². The minimum absolute atomic E-state index is 0.117. The second-order valence-electron chi connectivity index (χ2n) is 5.23. The van der Waals surface area contributed by atoms with Crippen LogP contribution in [0.3, 0.4) is 0 Å². The van der Waals surface area contributed by atoms with Gasteiger partial charge in [0.25, 0.3) is 5.91 Å². The van der Waals surface area contributed by atoms with Crippen molar-refractivity contribution in [1.82, 2.24) is 15.3 Å². The highest BCUT2D eigenvalue weighted by Gasteiger charge is 2.06. The Morgan fingerprint density at radius 1 is 1.17 bits per heavy atom. The molecule has 1 N–H and O–H groups in total. The molecule has 2 heterocycles. The lowest BCUT2D eigenvalue weighted by Gasteiger charge is -2.07. The number of aromatic nitrogens is 2. The maximum atomic E-state index is 12.1. The molecule has 0 radical (unpaired) electrons. The summed E-state index contributed by atoms with van der Waals surface area (Å²) in [6.45, 7) is 2.87. The lowest BCUT2D eigenvalue weighted by atomic mass is 10.2. The number of hydrogen-bond donors (Lipinski definition) is 1. The maximum absolute atomic E-state index is 12.1. The van der Waals surface area contributed by atoms with Gasteiger partial charge in [0.05, 0.1) is 0 Å². The Hall–Kier alpha value is -2.73. The van der Waals surface area contributed by atoms with Crippen LogP contribution in [-0.4, -0.2) is 15.9 Å². The van der Waals surface area contributed by atoms with Crippen LogP contribution in [0.2, 0.25) is 0 Å². The van der Waals surface area contributed by atoms with Crippen LogP contribution in [0.1, 0.15) is 26.6 Å². The van der Waals surface area contributed by atoms with Crippen molar-refractivity contribution in [1.29, 1.82) is 0 Å². The quantitative estimate of drug-likeness (QED) is 0.748. The number of carbonyl (C=O) groups excluding carboxylic acids is 1. The molecular weight excluding hydrogens is 322 g/mol. The fourth-order valence-corrected chi connectivity index (χ4v) is 2.78. The second kappa shape index (κ2) is 7.70. The molecule has 6 heteroatoms. The fourth-order valence-electron chi connectivity index (χ4n) is 2.10. The molecule has 1 amide bonds. The Balaban J connectivity index is 1.52. The van der Waals surface area contributed by atoms with E-state index < -0.39 is 0 Å². The summed E-state index contributed by atoms with van der Waals surface area (Å²) in [6.07, 6.45) is 3.41. The number of amides is 1. The number of benzene rings is 1. The first-order valence-electron chi connectivity index (χ1n) is 7.52. The van der Waals surface area contributed by atoms with Crippen LogP contribution in [0.5, 0.6) is 5.75 Å². The van der Waals surface area contributed by atoms with Gasteiger partial charge in [-0.2, -0.15) is 0 Å². The third-order valence-corrected chi connectivity index (χ3v) is 4.29. The zero-order chi connectivity index (χ0) is 16.8. The van der Waals surface area contributed by atoms with Crippen molar-refractivity contribution in [2.75, 3.05) is 0 Å². The van der Waals surface area contributed by atoms with Gasteiger partial charge in [-0.3, -0.25) is 9.78 Å². The SMILES string of the molecule is Cc1csc(COc2ccc(C(=O)NCc3ccncc3)cc2)n1. The Morgan fingerprint density at radius 3 is 2.58 bits per heavy atom. The topological polar surface area (TPSA) is 64.1 Å². The lowest BCUT2D eigenvalue weighted by molar-refractivity contribution is 0.0951. The molecule has 3 aromatic rings. The first-order chi connectivity index (χ1) is 11.7. The highest BCUT2D eigenvalue weighted by Crippen LogP contribution is 2.16. The first kappa shape index (κ1) is 16.1. The van der Waals surface area contributed by atoms with Crippen LogP contribution in [0.25, 0.3) is 0 Å². The van der Waals surface area contributed by atoms with E-state index in [9.17, 15) is 4.79 Å². The summed E-state index contributed by atoms with van der Waals surface area (Å²) in [6, 6.07) is 10.8. The number of ether oxygens (including phenoxy) is 1. The third kappa shape index (κ3) is 4.39. The second-order valence-corrected chi connectivity index (χ2v) is 6.18. The summed E-state index contributed by atoms with van der Waals surface area (Å²) >= 11 is 1.58. The molecule has 0 saturated carbocycles. The van der Waals surface area contributed by atoms with Crippen molar-refractivity contribution in [3.8, 4) is 5.75 Å². The number of aryl methyl sites for hydroxylation is 1. The van der Waals surface area contributed by atoms with Gasteiger partial charge in [0.15, 0.2) is 0 Å². The molecule has 24 heavy (non-hydrogen) atoms. The van der Waals surface area contributed by atoms with Crippen molar-refractivity contribution in [3.63, 3.8) is 0 Å². The van der Waals surface area contributed by atoms with Gasteiger partial charge in [0.2, 0.25) is 0 Å². The molecule has 0 bridgehead atoms. The molecule has 0 aliphatic heterocycles. The van der Waals surface area contributed by atoms with Crippen molar-refractivity contribution in [3.05, 3.63) is 76.0 Å². The average molecular weight is 339 g/mol. The Labute approximate surface area is 144 Å². The van der Waals surface area contributed by atoms with Crippen LogP contribution in [0.15, 0.2) is 54.2 Å². The predicted molar refractivity (Wildman–Crippen MR) is 93.0 cm³/mol. The zero-order valence-electron chi connectivity index (χ0n) is 13.2. The summed E-state index contributed by atoms with van der Waals surface area (Å²) < 4.78 is 5.68. The normalized spacial score (nSPS) is 10.4. The van der Waals surface area contributed by atoms with Gasteiger partial charge < -0.3 is 10.1 Å². The number of nitrogens with one attached hydrogen (secondary N) is 1. The van der Waals surface area contributed by atoms with Gasteiger partial charge in [-0.15, -0.1) is 11.3 Å². The standard InChI is InChI=1S/C18H17N3O2S/c1-13-12-24-17(21-13)11-23-16-4-2-15(3-5-16)18(22)20-10-14-6-8-19-9-7-14/h2-9,12H,10-11H2,1H3,(H,20,22). The van der Waals surface area contributed by atoms with Gasteiger partial charge >= 0.3 is 0 Å². The molecule has 0 saturated heterocycles. The van der Waals surface area contributed by atoms with Crippen LogP contribution in [0, 0.1) is 6.92 Å². The minimum atomic E-state index is -0.117. The number of rotatable bonds is 6. The van der Waals surface area contributed by atoms with Crippen molar-refractivity contribution in [2.24, 2.45) is 0 Å². The molecule has 0 unspecified atom stereocenters. The summed E-state index contributed by atoms with van der Waals surface area (Å²) in [7, 11) is 0. The van der Waals surface area contributed by atoms with E-state index in [0.717, 1.165) is 16.3 Å². The van der Waals surface area contributed by atoms with Gasteiger partial charge in [0.1, 0.15) is 17.4 Å². The smallest absolute Gasteiger partial charge is 0.251 e. The number of thiazole rings is 1. The highest BCUT2D eigenvalue weighted by molar-refractivity contribution is 7.09. The van der Waals surface area contributed by atoms with E-state index in [4.69, 9.17) is 4.74 Å². The maximum Gasteiger partial charge on any atom is 0.251 e. The summed E-state index contributed by atoms with van der Waals surface area (Å²) in [5, 5.41) is 5.81. The molecule has 1 aromatic carbocycles. The van der Waals surface area contributed by atoms with Crippen LogP contribution in [0.4, 0.5) is 0 Å². The molecule has 0 aliphatic carbocycles. The van der Waals surface area contributed by atoms with E-state index in [2.05, 4.69) is 15.3 Å². The molecule has 0 fully saturated rings. The van der Waals surface area contributed by atoms with Crippen molar-refractivity contribution >= 4 is 17.2 Å². The number of hydrogen-bond acceptors (Lipinski definition) is 5. The van der Waals surface area contributed by atoms with Crippen LogP contribution < -0.4 is 10.1 Å². The molecular formula is C18H17N3O2S. The van der Waals surface area contributed by atoms with Gasteiger partial charge in [-0.25, -0.2) is 4.98 Å². The fraction of sp³-hybridized carbons (Fsp3) is 0.167. The Kier molecular flexibility index (Phi) is 5.18. The van der Waals surface area contributed by atoms with E-state index in [-0.39, 0.29) is 5.91 Å². The third-order valence-electron chi connectivity index (χ3n) is 3.35. The van der Waals surface area contributed by atoms with Gasteiger partial charge in [-0.05, 0) is 48.9 Å². The average Bonchev–Trinajstić information content (AvgIpc) is 3.04. The number of nitrogens with zero attached hydrogens (tertiary/aromatic N) is 2. The molecule has 5 nitrogen and oxygen atoms in total. The largest absolute Gasteiger partial charge is 0.486 e. The van der Waals surface area contributed by atoms with Crippen molar-refractivity contribution in [2.45, 2.75) is 20.1 Å². The zero-order valence-corrected chi connectivity index (χ0v) is 14.0. The lowest BCUT2D eigenvalue weighted by Crippen LogP contribution is -2.22. The first-order valence-corrected chi connectivity index (χ1v) is 8.39. The van der Waals surface area contributed by atoms with E-state index in [1.165, 1.54) is 0 Å². The minimum Gasteiger partial charge on any atom is -0.486 e. The Morgan fingerprint density at radius 2 is 1.92 bits per heavy atom. The van der Waals surface area contributed by atoms with E-state index in [1.54, 1.807) is 48.0 Å². The van der Waals surface area contributed by atoms with E-state index in [1.807, 2.05) is 24.4 Å². The highest BCUT2D eigenvalue weighted by atomic mass is 32.1. The summed E-state index contributed by atoms with van der Waals surface area (Å²) in [4.78, 5) is 20.4. The molecule has 0 atom stereocenters. The summed E-state index contributed by atoms with van der Waals surface area (Å²) in [5.74, 6) is 0.599. The monoisotopic (exact) mass is 339 g/mol. The molecule has 3 rings (SSSR count). The summed E-state index contributed by atoms with van der Waals surface area (Å²) in [5.41, 5.74) is 2.61. The van der Waals surface area contributed by atoms with Crippen LogP contribution >= 0.6 is 11.3 Å². The number of pyridine rings is 1. The van der Waals surface area contributed by atoms with Crippen molar-refractivity contribution < 1.29 is 9.53 Å². The van der Waals surface area contributed by atoms with Gasteiger partial charge in [0, 0.05) is 35.6 Å². The van der Waals surface area contributed by atoms with Crippen LogP contribution in [-0.2, 0) is 13.2 Å². The number of carbonyl (C=O) groups is 1. The van der Waals surface area contributed by atoms with E-state index in [0.29, 0.717) is 24.5 Å². The Bertz CT molecular complexity index is 801. The molecule has 122 valence electrons. The predicted octanol–water partition coefficient (Wildman–Crippen LogP) is 3.36.